The van der Waals surface area contributed by atoms with Crippen LogP contribution in [0.15, 0.2) is 40.9 Å². The van der Waals surface area contributed by atoms with Gasteiger partial charge in [0.15, 0.2) is 11.5 Å². The first-order chi connectivity index (χ1) is 11.8. The summed E-state index contributed by atoms with van der Waals surface area (Å²) in [6.45, 7) is 7.76. The van der Waals surface area contributed by atoms with E-state index in [1.54, 1.807) is 7.11 Å². The zero-order chi connectivity index (χ0) is 18.4. The van der Waals surface area contributed by atoms with Crippen molar-refractivity contribution >= 4 is 27.5 Å². The van der Waals surface area contributed by atoms with Crippen molar-refractivity contribution in [2.75, 3.05) is 7.11 Å². The van der Waals surface area contributed by atoms with Gasteiger partial charge in [0, 0.05) is 21.6 Å². The van der Waals surface area contributed by atoms with Gasteiger partial charge in [0.25, 0.3) is 0 Å². The normalized spacial score (nSPS) is 11.4. The highest BCUT2D eigenvalue weighted by Gasteiger charge is 2.16. The first-order valence-electron chi connectivity index (χ1n) is 8.33. The Bertz CT molecular complexity index is 719. The Labute approximate surface area is 163 Å². The van der Waals surface area contributed by atoms with E-state index in [-0.39, 0.29) is 5.54 Å². The molecule has 0 heterocycles. The van der Waals surface area contributed by atoms with Gasteiger partial charge in [-0.3, -0.25) is 0 Å². The van der Waals surface area contributed by atoms with Gasteiger partial charge in [-0.15, -0.1) is 0 Å². The minimum Gasteiger partial charge on any atom is -0.493 e. The number of nitrogens with one attached hydrogen (secondary N) is 1. The highest BCUT2D eigenvalue weighted by atomic mass is 79.9. The summed E-state index contributed by atoms with van der Waals surface area (Å²) in [5.41, 5.74) is 2.24. The van der Waals surface area contributed by atoms with Crippen LogP contribution in [0.2, 0.25) is 5.02 Å². The molecule has 0 fully saturated rings. The van der Waals surface area contributed by atoms with Crippen LogP contribution in [-0.2, 0) is 13.2 Å². The molecule has 2 aromatic rings. The van der Waals surface area contributed by atoms with Gasteiger partial charge in [-0.05, 0) is 55.7 Å². The van der Waals surface area contributed by atoms with Crippen LogP contribution in [0.4, 0.5) is 0 Å². The van der Waals surface area contributed by atoms with Gasteiger partial charge in [0.1, 0.15) is 6.61 Å². The molecule has 0 amide bonds. The largest absolute Gasteiger partial charge is 0.493 e. The number of hydrogen-bond donors (Lipinski definition) is 1. The maximum Gasteiger partial charge on any atom is 0.162 e. The summed E-state index contributed by atoms with van der Waals surface area (Å²) in [5.74, 6) is 1.42. The van der Waals surface area contributed by atoms with Gasteiger partial charge in [0.2, 0.25) is 0 Å². The Balaban J connectivity index is 2.12. The van der Waals surface area contributed by atoms with E-state index in [1.807, 2.05) is 36.4 Å². The second kappa shape index (κ2) is 8.93. The summed E-state index contributed by atoms with van der Waals surface area (Å²) < 4.78 is 12.4. The van der Waals surface area contributed by atoms with E-state index < -0.39 is 0 Å². The van der Waals surface area contributed by atoms with Crippen LogP contribution in [0.25, 0.3) is 0 Å². The number of ether oxygens (including phenoxy) is 2. The molecule has 0 saturated heterocycles. The molecule has 5 heteroatoms. The highest BCUT2D eigenvalue weighted by molar-refractivity contribution is 9.10. The monoisotopic (exact) mass is 425 g/mol. The summed E-state index contributed by atoms with van der Waals surface area (Å²) in [7, 11) is 1.66. The second-order valence-electron chi connectivity index (χ2n) is 6.60. The van der Waals surface area contributed by atoms with E-state index in [1.165, 1.54) is 0 Å². The Morgan fingerprint density at radius 3 is 2.56 bits per heavy atom. The summed E-state index contributed by atoms with van der Waals surface area (Å²) in [5, 5.41) is 4.26. The molecule has 25 heavy (non-hydrogen) atoms. The molecule has 2 aromatic carbocycles. The lowest BCUT2D eigenvalue weighted by Gasteiger charge is -2.25. The molecular formula is C20H25BrClNO2. The number of hydrogen-bond acceptors (Lipinski definition) is 3. The smallest absolute Gasteiger partial charge is 0.162 e. The van der Waals surface area contributed by atoms with Gasteiger partial charge >= 0.3 is 0 Å². The lowest BCUT2D eigenvalue weighted by molar-refractivity contribution is 0.284. The van der Waals surface area contributed by atoms with Gasteiger partial charge in [-0.2, -0.15) is 0 Å². The first-order valence-corrected chi connectivity index (χ1v) is 9.50. The van der Waals surface area contributed by atoms with Crippen molar-refractivity contribution in [3.8, 4) is 11.5 Å². The molecule has 0 aliphatic heterocycles. The van der Waals surface area contributed by atoms with E-state index >= 15 is 0 Å². The van der Waals surface area contributed by atoms with E-state index in [2.05, 4.69) is 42.0 Å². The third-order valence-corrected chi connectivity index (χ3v) is 5.23. The van der Waals surface area contributed by atoms with E-state index in [9.17, 15) is 0 Å². The minimum absolute atomic E-state index is 0.0917. The van der Waals surface area contributed by atoms with Crippen molar-refractivity contribution in [1.82, 2.24) is 5.32 Å². The van der Waals surface area contributed by atoms with Crippen molar-refractivity contribution in [1.29, 1.82) is 0 Å². The summed E-state index contributed by atoms with van der Waals surface area (Å²) in [4.78, 5) is 0. The maximum atomic E-state index is 6.02. The molecule has 0 unspecified atom stereocenters. The lowest BCUT2D eigenvalue weighted by Crippen LogP contribution is -2.37. The third kappa shape index (κ3) is 5.91. The zero-order valence-electron chi connectivity index (χ0n) is 15.2. The molecular weight excluding hydrogens is 402 g/mol. The highest BCUT2D eigenvalue weighted by Crippen LogP contribution is 2.34. The van der Waals surface area contributed by atoms with E-state index in [4.69, 9.17) is 21.1 Å². The summed E-state index contributed by atoms with van der Waals surface area (Å²) >= 11 is 9.66. The van der Waals surface area contributed by atoms with Crippen LogP contribution in [0.5, 0.6) is 11.5 Å². The van der Waals surface area contributed by atoms with Gasteiger partial charge in [-0.25, -0.2) is 0 Å². The van der Waals surface area contributed by atoms with Gasteiger partial charge in [0.05, 0.1) is 7.11 Å². The average Bonchev–Trinajstić information content (AvgIpc) is 2.59. The number of methoxy groups -OCH3 is 1. The molecule has 3 nitrogen and oxygen atoms in total. The van der Waals surface area contributed by atoms with Crippen LogP contribution < -0.4 is 14.8 Å². The second-order valence-corrected chi connectivity index (χ2v) is 7.89. The van der Waals surface area contributed by atoms with E-state index in [0.717, 1.165) is 34.3 Å². The Kier molecular flexibility index (Phi) is 7.17. The Morgan fingerprint density at radius 1 is 1.16 bits per heavy atom. The number of benzene rings is 2. The molecule has 0 atom stereocenters. The molecule has 2 rings (SSSR count). The lowest BCUT2D eigenvalue weighted by atomic mass is 10.0. The van der Waals surface area contributed by atoms with Crippen molar-refractivity contribution in [3.63, 3.8) is 0 Å². The van der Waals surface area contributed by atoms with Crippen molar-refractivity contribution in [2.24, 2.45) is 0 Å². The molecule has 0 radical (unpaired) electrons. The summed E-state index contributed by atoms with van der Waals surface area (Å²) in [6, 6.07) is 11.6. The molecule has 1 N–H and O–H groups in total. The van der Waals surface area contributed by atoms with Crippen molar-refractivity contribution in [3.05, 3.63) is 57.0 Å². The third-order valence-electron chi connectivity index (χ3n) is 4.26. The molecule has 0 saturated carbocycles. The SMILES string of the molecule is CCC(C)(C)NCc1cc(OC)c(OCc2cccc(Cl)c2)cc1Br. The molecule has 0 aromatic heterocycles. The van der Waals surface area contributed by atoms with Crippen LogP contribution >= 0.6 is 27.5 Å². The zero-order valence-corrected chi connectivity index (χ0v) is 17.5. The maximum absolute atomic E-state index is 6.02. The minimum atomic E-state index is 0.0917. The van der Waals surface area contributed by atoms with Crippen molar-refractivity contribution < 1.29 is 9.47 Å². The fourth-order valence-electron chi connectivity index (χ4n) is 2.23. The molecule has 136 valence electrons. The van der Waals surface area contributed by atoms with Crippen LogP contribution in [0.3, 0.4) is 0 Å². The van der Waals surface area contributed by atoms with Crippen LogP contribution in [0, 0.1) is 0 Å². The molecule has 0 aliphatic rings. The number of rotatable bonds is 8. The predicted molar refractivity (Wildman–Crippen MR) is 108 cm³/mol. The van der Waals surface area contributed by atoms with Crippen LogP contribution in [-0.4, -0.2) is 12.6 Å². The molecule has 0 spiro atoms. The number of halogens is 2. The molecule has 0 aliphatic carbocycles. The van der Waals surface area contributed by atoms with E-state index in [0.29, 0.717) is 17.4 Å². The summed E-state index contributed by atoms with van der Waals surface area (Å²) in [6.07, 6.45) is 1.06. The molecule has 0 bridgehead atoms. The standard InChI is InChI=1S/C20H25BrClNO2/c1-5-20(2,3)23-12-15-10-18(24-4)19(11-17(15)21)25-13-14-7-6-8-16(22)9-14/h6-11,23H,5,12-13H2,1-4H3. The van der Waals surface area contributed by atoms with Crippen LogP contribution in [0.1, 0.15) is 38.3 Å². The Morgan fingerprint density at radius 2 is 1.92 bits per heavy atom. The van der Waals surface area contributed by atoms with Gasteiger partial charge in [-0.1, -0.05) is 46.6 Å². The topological polar surface area (TPSA) is 30.5 Å². The quantitative estimate of drug-likeness (QED) is 0.564. The first kappa shape index (κ1) is 20.1. The fraction of sp³-hybridized carbons (Fsp3) is 0.400. The predicted octanol–water partition coefficient (Wildman–Crippen LogP) is 5.97. The average molecular weight is 427 g/mol. The van der Waals surface area contributed by atoms with Gasteiger partial charge < -0.3 is 14.8 Å². The Hall–Kier alpha value is -1.23. The fourth-order valence-corrected chi connectivity index (χ4v) is 2.91. The van der Waals surface area contributed by atoms with Crippen molar-refractivity contribution in [2.45, 2.75) is 45.9 Å².